The monoisotopic (exact) mass is 734 g/mol. The van der Waals surface area contributed by atoms with Crippen molar-refractivity contribution in [1.82, 2.24) is 35.1 Å². The Morgan fingerprint density at radius 3 is 2.18 bits per heavy atom. The van der Waals surface area contributed by atoms with E-state index in [4.69, 9.17) is 4.74 Å². The summed E-state index contributed by atoms with van der Waals surface area (Å²) in [6, 6.07) is 14.1. The standard InChI is InChI=1S/C33H44N8O4S3.Na/c1-2-3-4-5-6-7-8-9-10-11-12-13-14-18-23-45-28-22-21-26(24-29(28)48(42,43)44)30-31(46-32-35-34-25-40(32)37-30)47-33-36-38-39-41(33)27-19-16-15-17-20-27;/h15-17,19-22,24-25,31H,2-14,18,23H2,1H3,(H,42,43,44);/q;+1/p-1. The maximum Gasteiger partial charge on any atom is 1.00 e. The van der Waals surface area contributed by atoms with Gasteiger partial charge < -0.3 is 9.29 Å². The van der Waals surface area contributed by atoms with E-state index in [0.29, 0.717) is 28.2 Å². The Morgan fingerprint density at radius 1 is 0.878 bits per heavy atom. The van der Waals surface area contributed by atoms with E-state index in [1.54, 1.807) is 10.7 Å². The van der Waals surface area contributed by atoms with Crippen LogP contribution >= 0.6 is 23.5 Å². The summed E-state index contributed by atoms with van der Waals surface area (Å²) in [5.74, 6) is 0.0507. The molecule has 1 atom stereocenters. The average Bonchev–Trinajstić information content (AvgIpc) is 3.75. The van der Waals surface area contributed by atoms with Crippen molar-refractivity contribution in [3.05, 3.63) is 60.4 Å². The van der Waals surface area contributed by atoms with Crippen LogP contribution in [0.15, 0.2) is 75.2 Å². The van der Waals surface area contributed by atoms with E-state index in [-0.39, 0.29) is 35.3 Å². The van der Waals surface area contributed by atoms with Gasteiger partial charge in [0, 0.05) is 5.56 Å². The first kappa shape index (κ1) is 39.5. The van der Waals surface area contributed by atoms with Crippen LogP contribution in [0.1, 0.15) is 102 Å². The fraction of sp³-hybridized carbons (Fsp3) is 0.515. The summed E-state index contributed by atoms with van der Waals surface area (Å²) in [7, 11) is -4.84. The van der Waals surface area contributed by atoms with Crippen molar-refractivity contribution >= 4 is 39.4 Å². The van der Waals surface area contributed by atoms with Gasteiger partial charge >= 0.3 is 29.6 Å². The number of aromatic nitrogens is 7. The van der Waals surface area contributed by atoms with E-state index in [1.165, 1.54) is 117 Å². The molecule has 1 aliphatic heterocycles. The first-order chi connectivity index (χ1) is 23.4. The summed E-state index contributed by atoms with van der Waals surface area (Å²) in [6.07, 6.45) is 18.9. The Kier molecular flexibility index (Phi) is 16.6. The van der Waals surface area contributed by atoms with Gasteiger partial charge in [0.1, 0.15) is 26.8 Å². The molecule has 1 unspecified atom stereocenters. The minimum absolute atomic E-state index is 0. The molecule has 2 aromatic carbocycles. The summed E-state index contributed by atoms with van der Waals surface area (Å²) in [5.41, 5.74) is 1.74. The van der Waals surface area contributed by atoms with Gasteiger partial charge in [-0.3, -0.25) is 0 Å². The van der Waals surface area contributed by atoms with Crippen molar-refractivity contribution in [2.45, 2.75) is 117 Å². The van der Waals surface area contributed by atoms with Gasteiger partial charge in [-0.1, -0.05) is 132 Å². The summed E-state index contributed by atoms with van der Waals surface area (Å²) in [4.78, 5) is -0.412. The van der Waals surface area contributed by atoms with Crippen LogP contribution in [-0.2, 0) is 10.1 Å². The molecule has 16 heteroatoms. The van der Waals surface area contributed by atoms with Crippen molar-refractivity contribution in [1.29, 1.82) is 0 Å². The van der Waals surface area contributed by atoms with Crippen molar-refractivity contribution in [3.8, 4) is 11.4 Å². The van der Waals surface area contributed by atoms with E-state index >= 15 is 0 Å². The molecule has 0 aliphatic carbocycles. The fourth-order valence-electron chi connectivity index (χ4n) is 5.49. The maximum atomic E-state index is 12.4. The third-order valence-electron chi connectivity index (χ3n) is 8.07. The molecular weight excluding hydrogens is 692 g/mol. The largest absolute Gasteiger partial charge is 1.00 e. The second kappa shape index (κ2) is 20.5. The zero-order valence-corrected chi connectivity index (χ0v) is 32.8. The second-order valence-electron chi connectivity index (χ2n) is 11.8. The van der Waals surface area contributed by atoms with E-state index in [9.17, 15) is 13.0 Å². The molecule has 258 valence electrons. The molecule has 0 fully saturated rings. The molecule has 12 nitrogen and oxygen atoms in total. The van der Waals surface area contributed by atoms with Crippen LogP contribution in [0.3, 0.4) is 0 Å². The van der Waals surface area contributed by atoms with Crippen LogP contribution in [0, 0.1) is 0 Å². The van der Waals surface area contributed by atoms with Crippen molar-refractivity contribution in [2.75, 3.05) is 6.61 Å². The van der Waals surface area contributed by atoms with Gasteiger partial charge in [0.05, 0.1) is 22.9 Å². The Labute approximate surface area is 319 Å². The van der Waals surface area contributed by atoms with Crippen LogP contribution in [0.4, 0.5) is 0 Å². The number of hydrogen-bond donors (Lipinski definition) is 0. The number of unbranched alkanes of at least 4 members (excludes halogenated alkanes) is 13. The van der Waals surface area contributed by atoms with E-state index in [2.05, 4.69) is 37.7 Å². The maximum absolute atomic E-state index is 12.4. The molecule has 4 aromatic rings. The predicted molar refractivity (Wildman–Crippen MR) is 187 cm³/mol. The third-order valence-corrected chi connectivity index (χ3v) is 11.3. The average molecular weight is 735 g/mol. The van der Waals surface area contributed by atoms with Crippen LogP contribution in [0.25, 0.3) is 5.69 Å². The molecule has 0 bridgehead atoms. The fourth-order valence-corrected chi connectivity index (χ4v) is 8.44. The van der Waals surface area contributed by atoms with Crippen LogP contribution in [0.5, 0.6) is 5.75 Å². The zero-order chi connectivity index (χ0) is 33.6. The zero-order valence-electron chi connectivity index (χ0n) is 28.3. The van der Waals surface area contributed by atoms with Crippen LogP contribution in [-0.4, -0.2) is 65.0 Å². The number of ether oxygens (including phenoxy) is 1. The van der Waals surface area contributed by atoms with Crippen molar-refractivity contribution in [3.63, 3.8) is 0 Å². The minimum atomic E-state index is -4.84. The molecule has 0 saturated heterocycles. The van der Waals surface area contributed by atoms with E-state index in [0.717, 1.165) is 24.9 Å². The van der Waals surface area contributed by atoms with Crippen LogP contribution < -0.4 is 34.3 Å². The molecule has 0 spiro atoms. The molecular formula is C33H43N8NaO4S3. The molecule has 49 heavy (non-hydrogen) atoms. The smallest absolute Gasteiger partial charge is 0.744 e. The normalized spacial score (nSPS) is 14.2. The Balaban J connectivity index is 0.00000541. The number of para-hydroxylation sites is 1. The molecule has 2 aromatic heterocycles. The SMILES string of the molecule is CCCCCCCCCCCCCCCCOc1ccc(C2=Nn3cnnc3SC2Sc2nnnn2-c2ccccc2)cc1S(=O)(=O)[O-].[Na+]. The van der Waals surface area contributed by atoms with Gasteiger partial charge in [-0.15, -0.1) is 15.3 Å². The summed E-state index contributed by atoms with van der Waals surface area (Å²) in [5, 5.41) is 26.0. The van der Waals surface area contributed by atoms with Crippen LogP contribution in [0.2, 0.25) is 0 Å². The molecule has 1 aliphatic rings. The summed E-state index contributed by atoms with van der Waals surface area (Å²) in [6.45, 7) is 2.59. The Hall–Kier alpha value is -2.27. The minimum Gasteiger partial charge on any atom is -0.744 e. The van der Waals surface area contributed by atoms with Gasteiger partial charge in [-0.25, -0.2) is 8.42 Å². The summed E-state index contributed by atoms with van der Waals surface area (Å²) >= 11 is 2.70. The van der Waals surface area contributed by atoms with Crippen molar-refractivity contribution in [2.24, 2.45) is 5.10 Å². The number of fused-ring (bicyclic) bond motifs is 1. The Bertz CT molecular complexity index is 1720. The van der Waals surface area contributed by atoms with Gasteiger partial charge in [0.15, 0.2) is 0 Å². The quantitative estimate of drug-likeness (QED) is 0.0676. The van der Waals surface area contributed by atoms with Gasteiger partial charge in [0.2, 0.25) is 10.3 Å². The van der Waals surface area contributed by atoms with Gasteiger partial charge in [0.25, 0.3) is 0 Å². The third kappa shape index (κ3) is 11.9. The predicted octanol–water partition coefficient (Wildman–Crippen LogP) is 4.50. The second-order valence-corrected chi connectivity index (χ2v) is 15.6. The first-order valence-corrected chi connectivity index (χ1v) is 20.0. The molecule has 0 N–H and O–H groups in total. The molecule has 3 heterocycles. The number of nitrogens with zero attached hydrogens (tertiary/aromatic N) is 8. The van der Waals surface area contributed by atoms with Crippen molar-refractivity contribution < 1.29 is 47.3 Å². The molecule has 0 amide bonds. The molecule has 5 rings (SSSR count). The van der Waals surface area contributed by atoms with Gasteiger partial charge in [-0.2, -0.15) is 14.5 Å². The molecule has 0 saturated carbocycles. The number of benzene rings is 2. The number of thioether (sulfide) groups is 2. The number of rotatable bonds is 21. The number of hydrogen-bond acceptors (Lipinski definition) is 12. The van der Waals surface area contributed by atoms with Gasteiger partial charge in [-0.05, 0) is 47.2 Å². The summed E-state index contributed by atoms with van der Waals surface area (Å²) < 4.78 is 45.8. The topological polar surface area (TPSA) is 153 Å². The van der Waals surface area contributed by atoms with E-state index in [1.807, 2.05) is 30.3 Å². The number of tetrazole rings is 1. The Morgan fingerprint density at radius 2 is 1.53 bits per heavy atom. The van der Waals surface area contributed by atoms with E-state index < -0.39 is 19.6 Å². The molecule has 0 radical (unpaired) electrons. The first-order valence-electron chi connectivity index (χ1n) is 16.8.